The molecule has 2 rings (SSSR count). The van der Waals surface area contributed by atoms with Crippen molar-refractivity contribution >= 4 is 18.3 Å². The van der Waals surface area contributed by atoms with Crippen LogP contribution in [0, 0.1) is 5.82 Å². The molecule has 23 heavy (non-hydrogen) atoms. The molecule has 126 valence electrons. The Morgan fingerprint density at radius 2 is 2.00 bits per heavy atom. The molecule has 0 saturated heterocycles. The average molecular weight is 343 g/mol. The number of benzene rings is 1. The number of hydrogen-bond donors (Lipinski definition) is 3. The van der Waals surface area contributed by atoms with Crippen LogP contribution in [-0.4, -0.2) is 49.5 Å². The van der Waals surface area contributed by atoms with Crippen LogP contribution in [0.15, 0.2) is 30.5 Å². The summed E-state index contributed by atoms with van der Waals surface area (Å²) in [5, 5.41) is 12.6. The molecule has 0 saturated carbocycles. The number of aromatic amines is 1. The van der Waals surface area contributed by atoms with Crippen LogP contribution in [0.5, 0.6) is 0 Å². The molecule has 6 nitrogen and oxygen atoms in total. The maximum absolute atomic E-state index is 13.0. The van der Waals surface area contributed by atoms with Crippen molar-refractivity contribution < 1.29 is 13.9 Å². The van der Waals surface area contributed by atoms with Gasteiger partial charge >= 0.3 is 0 Å². The Labute approximate surface area is 140 Å². The van der Waals surface area contributed by atoms with Gasteiger partial charge in [-0.1, -0.05) is 0 Å². The van der Waals surface area contributed by atoms with E-state index in [0.29, 0.717) is 36.5 Å². The zero-order chi connectivity index (χ0) is 15.8. The fourth-order valence-corrected chi connectivity index (χ4v) is 1.95. The van der Waals surface area contributed by atoms with Crippen molar-refractivity contribution in [3.05, 3.63) is 41.8 Å². The molecule has 2 aromatic rings. The van der Waals surface area contributed by atoms with Crippen molar-refractivity contribution in [1.82, 2.24) is 20.8 Å². The summed E-state index contributed by atoms with van der Waals surface area (Å²) in [5.41, 5.74) is 1.72. The highest BCUT2D eigenvalue weighted by Crippen LogP contribution is 2.21. The Hall–Kier alpha value is -1.96. The molecule has 3 N–H and O–H groups in total. The Morgan fingerprint density at radius 3 is 2.70 bits per heavy atom. The first kappa shape index (κ1) is 19.1. The number of halogens is 2. The van der Waals surface area contributed by atoms with E-state index in [9.17, 15) is 9.18 Å². The highest BCUT2D eigenvalue weighted by Gasteiger charge is 2.14. The van der Waals surface area contributed by atoms with Crippen LogP contribution < -0.4 is 10.6 Å². The van der Waals surface area contributed by atoms with Gasteiger partial charge in [-0.15, -0.1) is 12.4 Å². The minimum Gasteiger partial charge on any atom is -0.383 e. The van der Waals surface area contributed by atoms with Crippen LogP contribution in [-0.2, 0) is 4.74 Å². The molecule has 1 amide bonds. The summed E-state index contributed by atoms with van der Waals surface area (Å²) in [6.07, 6.45) is 1.46. The fraction of sp³-hybridized carbons (Fsp3) is 0.333. The van der Waals surface area contributed by atoms with Crippen molar-refractivity contribution in [2.75, 3.05) is 33.4 Å². The summed E-state index contributed by atoms with van der Waals surface area (Å²) in [6, 6.07) is 5.90. The number of carbonyl (C=O) groups is 1. The molecule has 0 spiro atoms. The van der Waals surface area contributed by atoms with E-state index in [2.05, 4.69) is 20.8 Å². The number of ether oxygens (including phenoxy) is 1. The summed E-state index contributed by atoms with van der Waals surface area (Å²) in [5.74, 6) is -0.544. The van der Waals surface area contributed by atoms with Gasteiger partial charge in [-0.25, -0.2) is 4.39 Å². The van der Waals surface area contributed by atoms with Crippen LogP contribution in [0.25, 0.3) is 11.3 Å². The molecule has 0 aliphatic rings. The highest BCUT2D eigenvalue weighted by atomic mass is 35.5. The van der Waals surface area contributed by atoms with E-state index in [1.165, 1.54) is 18.3 Å². The number of H-pyrrole nitrogens is 1. The molecular formula is C15H20ClFN4O2. The summed E-state index contributed by atoms with van der Waals surface area (Å²) >= 11 is 0. The van der Waals surface area contributed by atoms with Gasteiger partial charge in [0.05, 0.1) is 24.1 Å². The summed E-state index contributed by atoms with van der Waals surface area (Å²) in [7, 11) is 1.64. The number of hydrogen-bond acceptors (Lipinski definition) is 4. The Balaban J connectivity index is 0.00000264. The number of amides is 1. The van der Waals surface area contributed by atoms with Crippen molar-refractivity contribution in [2.45, 2.75) is 0 Å². The molecule has 0 aliphatic carbocycles. The van der Waals surface area contributed by atoms with Crippen LogP contribution in [0.3, 0.4) is 0 Å². The van der Waals surface area contributed by atoms with E-state index in [0.717, 1.165) is 6.54 Å². The normalized spacial score (nSPS) is 10.2. The number of nitrogens with one attached hydrogen (secondary N) is 3. The number of nitrogens with zero attached hydrogens (tertiary/aromatic N) is 1. The predicted octanol–water partition coefficient (Wildman–Crippen LogP) is 1.60. The molecule has 0 fully saturated rings. The Morgan fingerprint density at radius 1 is 1.26 bits per heavy atom. The third-order valence-electron chi connectivity index (χ3n) is 3.09. The second kappa shape index (κ2) is 9.94. The van der Waals surface area contributed by atoms with Gasteiger partial charge in [0.2, 0.25) is 0 Å². The maximum atomic E-state index is 13.0. The largest absolute Gasteiger partial charge is 0.383 e. The monoisotopic (exact) mass is 342 g/mol. The fourth-order valence-electron chi connectivity index (χ4n) is 1.95. The van der Waals surface area contributed by atoms with Gasteiger partial charge in [0.15, 0.2) is 0 Å². The quantitative estimate of drug-likeness (QED) is 0.637. The topological polar surface area (TPSA) is 79.0 Å². The van der Waals surface area contributed by atoms with Crippen LogP contribution in [0.4, 0.5) is 4.39 Å². The van der Waals surface area contributed by atoms with Crippen molar-refractivity contribution in [1.29, 1.82) is 0 Å². The van der Waals surface area contributed by atoms with Gasteiger partial charge in [-0.05, 0) is 24.3 Å². The molecule has 0 unspecified atom stereocenters. The molecule has 0 radical (unpaired) electrons. The molecule has 0 atom stereocenters. The van der Waals surface area contributed by atoms with E-state index in [1.807, 2.05) is 0 Å². The van der Waals surface area contributed by atoms with E-state index in [4.69, 9.17) is 4.74 Å². The first-order chi connectivity index (χ1) is 10.7. The minimum absolute atomic E-state index is 0. The number of carbonyl (C=O) groups excluding carboxylic acids is 1. The molecule has 0 bridgehead atoms. The van der Waals surface area contributed by atoms with E-state index < -0.39 is 0 Å². The summed E-state index contributed by atoms with van der Waals surface area (Å²) in [4.78, 5) is 12.2. The smallest absolute Gasteiger partial charge is 0.255 e. The molecule has 1 aromatic heterocycles. The summed E-state index contributed by atoms with van der Waals surface area (Å²) in [6.45, 7) is 2.51. The molecule has 0 aliphatic heterocycles. The van der Waals surface area contributed by atoms with E-state index >= 15 is 0 Å². The highest BCUT2D eigenvalue weighted by molar-refractivity contribution is 5.99. The van der Waals surface area contributed by atoms with Gasteiger partial charge in [-0.3, -0.25) is 9.89 Å². The van der Waals surface area contributed by atoms with Gasteiger partial charge in [-0.2, -0.15) is 5.10 Å². The van der Waals surface area contributed by atoms with Crippen LogP contribution >= 0.6 is 12.4 Å². The van der Waals surface area contributed by atoms with E-state index in [1.54, 1.807) is 19.2 Å². The van der Waals surface area contributed by atoms with Gasteiger partial charge in [0, 0.05) is 32.3 Å². The van der Waals surface area contributed by atoms with Crippen molar-refractivity contribution in [3.63, 3.8) is 0 Å². The first-order valence-corrected chi connectivity index (χ1v) is 6.99. The molecule has 1 aromatic carbocycles. The molecule has 8 heteroatoms. The average Bonchev–Trinajstić information content (AvgIpc) is 3.01. The lowest BCUT2D eigenvalue weighted by Gasteiger charge is -2.07. The molecular weight excluding hydrogens is 323 g/mol. The van der Waals surface area contributed by atoms with Gasteiger partial charge in [0.1, 0.15) is 5.82 Å². The third kappa shape index (κ3) is 5.63. The summed E-state index contributed by atoms with van der Waals surface area (Å²) < 4.78 is 17.9. The third-order valence-corrected chi connectivity index (χ3v) is 3.09. The van der Waals surface area contributed by atoms with Crippen molar-refractivity contribution in [2.24, 2.45) is 0 Å². The number of rotatable bonds is 8. The SMILES string of the molecule is COCCNCCNC(=O)c1cn[nH]c1-c1ccc(F)cc1.Cl. The zero-order valence-electron chi connectivity index (χ0n) is 12.8. The maximum Gasteiger partial charge on any atom is 0.255 e. The Kier molecular flexibility index (Phi) is 8.25. The standard InChI is InChI=1S/C15H19FN4O2.ClH/c1-22-9-8-17-6-7-18-15(21)13-10-19-20-14(13)11-2-4-12(16)5-3-11;/h2-5,10,17H,6-9H2,1H3,(H,18,21)(H,19,20);1H. The van der Waals surface area contributed by atoms with Gasteiger partial charge < -0.3 is 15.4 Å². The minimum atomic E-state index is -0.323. The lowest BCUT2D eigenvalue weighted by Crippen LogP contribution is -2.33. The lowest BCUT2D eigenvalue weighted by molar-refractivity contribution is 0.0954. The van der Waals surface area contributed by atoms with Gasteiger partial charge in [0.25, 0.3) is 5.91 Å². The first-order valence-electron chi connectivity index (χ1n) is 6.99. The van der Waals surface area contributed by atoms with Crippen LogP contribution in [0.2, 0.25) is 0 Å². The Bertz CT molecular complexity index is 604. The van der Waals surface area contributed by atoms with Crippen LogP contribution in [0.1, 0.15) is 10.4 Å². The number of aromatic nitrogens is 2. The van der Waals surface area contributed by atoms with Crippen molar-refractivity contribution in [3.8, 4) is 11.3 Å². The number of methoxy groups -OCH3 is 1. The predicted molar refractivity (Wildman–Crippen MR) is 88.3 cm³/mol. The van der Waals surface area contributed by atoms with E-state index in [-0.39, 0.29) is 24.1 Å². The second-order valence-corrected chi connectivity index (χ2v) is 4.66. The second-order valence-electron chi connectivity index (χ2n) is 4.66. The molecule has 1 heterocycles. The lowest BCUT2D eigenvalue weighted by atomic mass is 10.1. The zero-order valence-corrected chi connectivity index (χ0v) is 13.6.